The fourth-order valence-electron chi connectivity index (χ4n) is 3.21. The van der Waals surface area contributed by atoms with Gasteiger partial charge in [-0.15, -0.1) is 0 Å². The summed E-state index contributed by atoms with van der Waals surface area (Å²) < 4.78 is 1.80. The van der Waals surface area contributed by atoms with Crippen molar-refractivity contribution in [1.82, 2.24) is 19.2 Å². The summed E-state index contributed by atoms with van der Waals surface area (Å²) in [6, 6.07) is 5.63. The molecule has 0 spiro atoms. The molecule has 2 aromatic heterocycles. The molecule has 126 valence electrons. The van der Waals surface area contributed by atoms with Crippen LogP contribution in [0, 0.1) is 5.92 Å². The molecule has 2 amide bonds. The Bertz CT molecular complexity index is 780. The maximum Gasteiger partial charge on any atom is 0.272 e. The van der Waals surface area contributed by atoms with Crippen molar-refractivity contribution >= 4 is 17.5 Å². The highest BCUT2D eigenvalue weighted by atomic mass is 16.2. The van der Waals surface area contributed by atoms with Gasteiger partial charge >= 0.3 is 0 Å². The van der Waals surface area contributed by atoms with Crippen LogP contribution in [-0.4, -0.2) is 56.7 Å². The Hall–Kier alpha value is -2.63. The molecule has 24 heavy (non-hydrogen) atoms. The highest BCUT2D eigenvalue weighted by molar-refractivity contribution is 5.94. The zero-order chi connectivity index (χ0) is 17.3. The monoisotopic (exact) mass is 326 g/mol. The summed E-state index contributed by atoms with van der Waals surface area (Å²) in [5, 5.41) is 0. The van der Waals surface area contributed by atoms with Gasteiger partial charge in [-0.3, -0.25) is 14.0 Å². The molecule has 6 heteroatoms. The lowest BCUT2D eigenvalue weighted by molar-refractivity contribution is -0.131. The van der Waals surface area contributed by atoms with Crippen molar-refractivity contribution in [2.75, 3.05) is 19.6 Å². The van der Waals surface area contributed by atoms with Crippen molar-refractivity contribution in [2.45, 2.75) is 19.9 Å². The molecule has 1 saturated heterocycles. The third-order valence-electron chi connectivity index (χ3n) is 4.57. The van der Waals surface area contributed by atoms with Crippen molar-refractivity contribution < 1.29 is 9.59 Å². The zero-order valence-corrected chi connectivity index (χ0v) is 14.1. The number of pyridine rings is 1. The summed E-state index contributed by atoms with van der Waals surface area (Å²) in [7, 11) is 0. The number of fused-ring (bicyclic) bond motifs is 1. The summed E-state index contributed by atoms with van der Waals surface area (Å²) >= 11 is 0. The normalized spacial score (nSPS) is 18.2. The first-order valence-corrected chi connectivity index (χ1v) is 8.17. The van der Waals surface area contributed by atoms with Gasteiger partial charge in [0.1, 0.15) is 11.3 Å². The molecule has 1 atom stereocenters. The SMILES string of the molecule is C=CC(=O)N1CCN(C(=O)c2cnc3ccccn23)C[C@@H]1C(C)C. The standard InChI is InChI=1S/C18H22N4O2/c1-4-17(23)22-10-9-20(12-15(22)13(2)3)18(24)14-11-19-16-7-5-6-8-21(14)16/h4-8,11,13,15H,1,9-10,12H2,2-3H3/t15-/m1/s1. The van der Waals surface area contributed by atoms with Gasteiger partial charge in [-0.05, 0) is 24.1 Å². The van der Waals surface area contributed by atoms with E-state index in [2.05, 4.69) is 25.4 Å². The largest absolute Gasteiger partial charge is 0.333 e. The zero-order valence-electron chi connectivity index (χ0n) is 14.1. The van der Waals surface area contributed by atoms with Crippen molar-refractivity contribution in [1.29, 1.82) is 0 Å². The van der Waals surface area contributed by atoms with Crippen molar-refractivity contribution in [2.24, 2.45) is 5.92 Å². The number of hydrogen-bond acceptors (Lipinski definition) is 3. The Balaban J connectivity index is 1.84. The molecule has 0 bridgehead atoms. The Kier molecular flexibility index (Phi) is 4.38. The molecule has 1 aliphatic heterocycles. The molecule has 6 nitrogen and oxygen atoms in total. The van der Waals surface area contributed by atoms with E-state index in [0.717, 1.165) is 5.65 Å². The second-order valence-corrected chi connectivity index (χ2v) is 6.37. The maximum absolute atomic E-state index is 12.9. The van der Waals surface area contributed by atoms with Crippen molar-refractivity contribution in [3.8, 4) is 0 Å². The first-order valence-electron chi connectivity index (χ1n) is 8.17. The number of piperazine rings is 1. The summed E-state index contributed by atoms with van der Waals surface area (Å²) in [4.78, 5) is 32.9. The van der Waals surface area contributed by atoms with Crippen LogP contribution in [-0.2, 0) is 4.79 Å². The van der Waals surface area contributed by atoms with Crippen LogP contribution < -0.4 is 0 Å². The van der Waals surface area contributed by atoms with E-state index in [-0.39, 0.29) is 23.8 Å². The highest BCUT2D eigenvalue weighted by Crippen LogP contribution is 2.20. The van der Waals surface area contributed by atoms with Crippen LogP contribution in [0.5, 0.6) is 0 Å². The number of nitrogens with zero attached hydrogens (tertiary/aromatic N) is 4. The van der Waals surface area contributed by atoms with Crippen LogP contribution in [0.2, 0.25) is 0 Å². The number of aromatic nitrogens is 2. The van der Waals surface area contributed by atoms with E-state index >= 15 is 0 Å². The molecular formula is C18H22N4O2. The van der Waals surface area contributed by atoms with Gasteiger partial charge in [0.25, 0.3) is 5.91 Å². The maximum atomic E-state index is 12.9. The van der Waals surface area contributed by atoms with Gasteiger partial charge in [0, 0.05) is 25.8 Å². The van der Waals surface area contributed by atoms with Crippen molar-refractivity contribution in [3.63, 3.8) is 0 Å². The van der Waals surface area contributed by atoms with E-state index < -0.39 is 0 Å². The topological polar surface area (TPSA) is 57.9 Å². The van der Waals surface area contributed by atoms with E-state index in [1.165, 1.54) is 6.08 Å². The predicted molar refractivity (Wildman–Crippen MR) is 91.6 cm³/mol. The van der Waals surface area contributed by atoms with Gasteiger partial charge < -0.3 is 9.80 Å². The molecule has 0 saturated carbocycles. The van der Waals surface area contributed by atoms with Crippen molar-refractivity contribution in [3.05, 3.63) is 48.9 Å². The van der Waals surface area contributed by atoms with Crippen LogP contribution in [0.4, 0.5) is 0 Å². The van der Waals surface area contributed by atoms with Crippen LogP contribution in [0.3, 0.4) is 0 Å². The highest BCUT2D eigenvalue weighted by Gasteiger charge is 2.34. The fraction of sp³-hybridized carbons (Fsp3) is 0.389. The lowest BCUT2D eigenvalue weighted by Crippen LogP contribution is -2.58. The van der Waals surface area contributed by atoms with E-state index in [1.807, 2.05) is 34.2 Å². The lowest BCUT2D eigenvalue weighted by atomic mass is 9.99. The first-order chi connectivity index (χ1) is 11.5. The number of hydrogen-bond donors (Lipinski definition) is 0. The number of carbonyl (C=O) groups excluding carboxylic acids is 2. The van der Waals surface area contributed by atoms with Gasteiger partial charge in [0.15, 0.2) is 0 Å². The second kappa shape index (κ2) is 6.47. The molecule has 0 unspecified atom stereocenters. The third kappa shape index (κ3) is 2.79. The van der Waals surface area contributed by atoms with Crippen LogP contribution in [0.25, 0.3) is 5.65 Å². The summed E-state index contributed by atoms with van der Waals surface area (Å²) in [6.07, 6.45) is 4.80. The first kappa shape index (κ1) is 16.2. The molecule has 0 aromatic carbocycles. The molecule has 3 heterocycles. The molecular weight excluding hydrogens is 304 g/mol. The number of amides is 2. The average Bonchev–Trinajstić information content (AvgIpc) is 3.04. The molecule has 3 rings (SSSR count). The molecule has 1 fully saturated rings. The van der Waals surface area contributed by atoms with Crippen LogP contribution in [0.15, 0.2) is 43.2 Å². The number of imidazole rings is 1. The van der Waals surface area contributed by atoms with Gasteiger partial charge in [0.2, 0.25) is 5.91 Å². The average molecular weight is 326 g/mol. The van der Waals surface area contributed by atoms with Gasteiger partial charge in [-0.2, -0.15) is 0 Å². The Labute approximate surface area is 141 Å². The molecule has 1 aliphatic rings. The fourth-order valence-corrected chi connectivity index (χ4v) is 3.21. The van der Waals surface area contributed by atoms with Gasteiger partial charge in [-0.25, -0.2) is 4.98 Å². The van der Waals surface area contributed by atoms with E-state index in [1.54, 1.807) is 10.6 Å². The van der Waals surface area contributed by atoms with Crippen LogP contribution in [0.1, 0.15) is 24.3 Å². The molecule has 0 radical (unpaired) electrons. The number of rotatable bonds is 3. The molecule has 0 aliphatic carbocycles. The number of carbonyl (C=O) groups is 2. The predicted octanol–water partition coefficient (Wildman–Crippen LogP) is 1.83. The van der Waals surface area contributed by atoms with E-state index in [4.69, 9.17) is 0 Å². The minimum absolute atomic E-state index is 0.00705. The minimum Gasteiger partial charge on any atom is -0.333 e. The Morgan fingerprint density at radius 1 is 1.33 bits per heavy atom. The summed E-state index contributed by atoms with van der Waals surface area (Å²) in [5.41, 5.74) is 1.30. The van der Waals surface area contributed by atoms with E-state index in [0.29, 0.717) is 25.3 Å². The van der Waals surface area contributed by atoms with E-state index in [9.17, 15) is 9.59 Å². The summed E-state index contributed by atoms with van der Waals surface area (Å²) in [6.45, 7) is 9.27. The smallest absolute Gasteiger partial charge is 0.272 e. The Morgan fingerprint density at radius 3 is 2.83 bits per heavy atom. The quantitative estimate of drug-likeness (QED) is 0.809. The second-order valence-electron chi connectivity index (χ2n) is 6.37. The van der Waals surface area contributed by atoms with Gasteiger partial charge in [0.05, 0.1) is 12.2 Å². The van der Waals surface area contributed by atoms with Crippen LogP contribution >= 0.6 is 0 Å². The van der Waals surface area contributed by atoms with Gasteiger partial charge in [-0.1, -0.05) is 26.5 Å². The minimum atomic E-state index is -0.0735. The summed E-state index contributed by atoms with van der Waals surface area (Å²) in [5.74, 6) is 0.132. The molecule has 2 aromatic rings. The lowest BCUT2D eigenvalue weighted by Gasteiger charge is -2.43. The molecule has 0 N–H and O–H groups in total. The Morgan fingerprint density at radius 2 is 2.12 bits per heavy atom. The third-order valence-corrected chi connectivity index (χ3v) is 4.57.